The maximum Gasteiger partial charge on any atom is 0.158 e. The predicted molar refractivity (Wildman–Crippen MR) is 132 cm³/mol. The number of rotatable bonds is 4. The molecule has 1 aliphatic carbocycles. The van der Waals surface area contributed by atoms with Crippen molar-refractivity contribution < 1.29 is 4.74 Å². The summed E-state index contributed by atoms with van der Waals surface area (Å²) in [5.41, 5.74) is 21.3. The molecule has 0 radical (unpaired) electrons. The maximum absolute atomic E-state index is 6.75. The average Bonchev–Trinajstić information content (AvgIpc) is 3.10. The number of pyridine rings is 1. The summed E-state index contributed by atoms with van der Waals surface area (Å²) in [5.74, 6) is 2.34. The number of aromatic nitrogens is 3. The third-order valence-electron chi connectivity index (χ3n) is 6.83. The molecule has 2 aliphatic rings. The minimum Gasteiger partial charge on any atom is -0.496 e. The third kappa shape index (κ3) is 3.84. The van der Waals surface area contributed by atoms with Gasteiger partial charge in [-0.05, 0) is 47.9 Å². The summed E-state index contributed by atoms with van der Waals surface area (Å²) in [6.45, 7) is 1.69. The number of ether oxygens (including phenoxy) is 1. The van der Waals surface area contributed by atoms with Crippen molar-refractivity contribution >= 4 is 40.8 Å². The Balaban J connectivity index is 1.30. The van der Waals surface area contributed by atoms with Crippen molar-refractivity contribution in [2.24, 2.45) is 11.1 Å². The zero-order valence-corrected chi connectivity index (χ0v) is 19.9. The zero-order chi connectivity index (χ0) is 23.2. The number of hydrogen-bond acceptors (Lipinski definition) is 9. The van der Waals surface area contributed by atoms with Crippen LogP contribution in [0.3, 0.4) is 0 Å². The Morgan fingerprint density at radius 3 is 2.67 bits per heavy atom. The first-order valence-corrected chi connectivity index (χ1v) is 12.0. The fraction of sp³-hybridized carbons (Fsp3) is 0.348. The van der Waals surface area contributed by atoms with Crippen molar-refractivity contribution in [2.75, 3.05) is 36.6 Å². The Hall–Kier alpha value is -2.75. The molecule has 1 atom stereocenters. The van der Waals surface area contributed by atoms with E-state index in [2.05, 4.69) is 25.9 Å². The molecular weight excluding hydrogens is 458 g/mol. The van der Waals surface area contributed by atoms with Crippen LogP contribution in [0.1, 0.15) is 30.0 Å². The van der Waals surface area contributed by atoms with E-state index >= 15 is 0 Å². The van der Waals surface area contributed by atoms with Gasteiger partial charge in [-0.3, -0.25) is 0 Å². The molecule has 0 unspecified atom stereocenters. The highest BCUT2D eigenvalue weighted by molar-refractivity contribution is 7.99. The second-order valence-corrected chi connectivity index (χ2v) is 9.97. The van der Waals surface area contributed by atoms with E-state index < -0.39 is 0 Å². The number of piperidine rings is 1. The van der Waals surface area contributed by atoms with E-state index in [4.69, 9.17) is 33.5 Å². The molecule has 10 heteroatoms. The second-order valence-electron chi connectivity index (χ2n) is 8.56. The van der Waals surface area contributed by atoms with Crippen molar-refractivity contribution in [1.82, 2.24) is 15.0 Å². The van der Waals surface area contributed by atoms with E-state index in [1.807, 2.05) is 12.1 Å². The van der Waals surface area contributed by atoms with Gasteiger partial charge in [-0.15, -0.1) is 0 Å². The van der Waals surface area contributed by atoms with Crippen LogP contribution in [0, 0.1) is 5.41 Å². The first-order valence-electron chi connectivity index (χ1n) is 10.8. The van der Waals surface area contributed by atoms with Crippen molar-refractivity contribution in [1.29, 1.82) is 0 Å². The summed E-state index contributed by atoms with van der Waals surface area (Å²) in [6.07, 6.45) is 6.25. The van der Waals surface area contributed by atoms with Crippen LogP contribution in [0.2, 0.25) is 5.02 Å². The predicted octanol–water partition coefficient (Wildman–Crippen LogP) is 3.69. The quantitative estimate of drug-likeness (QED) is 0.508. The highest BCUT2D eigenvalue weighted by Crippen LogP contribution is 2.53. The van der Waals surface area contributed by atoms with Crippen LogP contribution >= 0.6 is 23.4 Å². The van der Waals surface area contributed by atoms with Crippen LogP contribution in [-0.2, 0) is 6.42 Å². The molecule has 8 nitrogen and oxygen atoms in total. The number of nitrogens with zero attached hydrogens (tertiary/aromatic N) is 4. The smallest absolute Gasteiger partial charge is 0.158 e. The summed E-state index contributed by atoms with van der Waals surface area (Å²) in [6, 6.07) is 7.97. The lowest BCUT2D eigenvalue weighted by molar-refractivity contribution is 0.186. The molecule has 33 heavy (non-hydrogen) atoms. The van der Waals surface area contributed by atoms with Gasteiger partial charge in [0.25, 0.3) is 0 Å². The summed E-state index contributed by atoms with van der Waals surface area (Å²) in [7, 11) is 1.72. The molecule has 1 saturated heterocycles. The van der Waals surface area contributed by atoms with Crippen LogP contribution in [0.25, 0.3) is 0 Å². The van der Waals surface area contributed by atoms with Gasteiger partial charge >= 0.3 is 0 Å². The topological polar surface area (TPSA) is 129 Å². The summed E-state index contributed by atoms with van der Waals surface area (Å²) >= 11 is 7.57. The van der Waals surface area contributed by atoms with Gasteiger partial charge in [0, 0.05) is 30.2 Å². The Morgan fingerprint density at radius 1 is 1.15 bits per heavy atom. The second kappa shape index (κ2) is 8.55. The minimum atomic E-state index is 0.0113. The van der Waals surface area contributed by atoms with Gasteiger partial charge in [0.05, 0.1) is 18.3 Å². The van der Waals surface area contributed by atoms with Crippen LogP contribution in [0.5, 0.6) is 5.75 Å². The number of anilines is 3. The van der Waals surface area contributed by atoms with E-state index in [0.717, 1.165) is 48.8 Å². The molecular formula is C23H26ClN7OS. The third-order valence-corrected chi connectivity index (χ3v) is 8.41. The number of nitrogens with two attached hydrogens (primary N) is 3. The van der Waals surface area contributed by atoms with Crippen LogP contribution in [-0.4, -0.2) is 35.2 Å². The Morgan fingerprint density at radius 2 is 1.94 bits per heavy atom. The molecule has 3 heterocycles. The lowest BCUT2D eigenvalue weighted by Gasteiger charge is -2.42. The Bertz CT molecular complexity index is 1200. The summed E-state index contributed by atoms with van der Waals surface area (Å²) in [5, 5.41) is 0.972. The van der Waals surface area contributed by atoms with Crippen LogP contribution in [0.4, 0.5) is 17.5 Å². The van der Waals surface area contributed by atoms with Gasteiger partial charge in [0.2, 0.25) is 0 Å². The van der Waals surface area contributed by atoms with Gasteiger partial charge in [0.15, 0.2) is 5.82 Å². The minimum absolute atomic E-state index is 0.0113. The average molecular weight is 484 g/mol. The van der Waals surface area contributed by atoms with E-state index in [-0.39, 0.29) is 17.3 Å². The first kappa shape index (κ1) is 22.1. The van der Waals surface area contributed by atoms with E-state index in [9.17, 15) is 0 Å². The fourth-order valence-electron chi connectivity index (χ4n) is 4.95. The van der Waals surface area contributed by atoms with Crippen LogP contribution in [0.15, 0.2) is 46.6 Å². The van der Waals surface area contributed by atoms with E-state index in [1.54, 1.807) is 25.6 Å². The van der Waals surface area contributed by atoms with E-state index in [0.29, 0.717) is 15.9 Å². The van der Waals surface area contributed by atoms with Gasteiger partial charge in [0.1, 0.15) is 22.4 Å². The number of methoxy groups -OCH3 is 1. The van der Waals surface area contributed by atoms with Gasteiger partial charge in [-0.25, -0.2) is 15.0 Å². The highest BCUT2D eigenvalue weighted by atomic mass is 35.5. The van der Waals surface area contributed by atoms with Crippen molar-refractivity contribution in [2.45, 2.75) is 35.2 Å². The van der Waals surface area contributed by atoms with Crippen molar-refractivity contribution in [3.05, 3.63) is 52.8 Å². The summed E-state index contributed by atoms with van der Waals surface area (Å²) in [4.78, 5) is 16.1. The standard InChI is InChI=1S/C23H26ClN7OS/c1-32-15-4-2-3-13-14(15)11-23(19(13)25)6-9-31(10-7-23)17-12-29-22(21(27)30-17)33-16-5-8-28-20(26)18(16)24/h2-5,8,12,19H,6-7,9-11,25H2,1H3,(H2,26,28)(H2,27,30)/t19-/m1/s1. The molecule has 1 aliphatic heterocycles. The SMILES string of the molecule is COc1cccc2c1CC1(CCN(c3cnc(Sc4ccnc(N)c4Cl)c(N)n3)CC1)[C@@H]2N. The molecule has 5 rings (SSSR count). The first-order chi connectivity index (χ1) is 15.9. The number of benzene rings is 1. The number of nitrogen functional groups attached to an aromatic ring is 2. The molecule has 6 N–H and O–H groups in total. The Labute approximate surface area is 201 Å². The molecule has 3 aromatic rings. The van der Waals surface area contributed by atoms with Crippen LogP contribution < -0.4 is 26.8 Å². The lowest BCUT2D eigenvalue weighted by atomic mass is 9.73. The zero-order valence-electron chi connectivity index (χ0n) is 18.3. The molecule has 1 aromatic carbocycles. The summed E-state index contributed by atoms with van der Waals surface area (Å²) < 4.78 is 5.59. The molecule has 1 fully saturated rings. The van der Waals surface area contributed by atoms with Gasteiger partial charge in [-0.2, -0.15) is 0 Å². The van der Waals surface area contributed by atoms with Gasteiger partial charge in [-0.1, -0.05) is 35.5 Å². The molecule has 172 valence electrons. The molecule has 2 aromatic heterocycles. The van der Waals surface area contributed by atoms with E-state index in [1.165, 1.54) is 22.9 Å². The largest absolute Gasteiger partial charge is 0.496 e. The normalized spacial score (nSPS) is 19.0. The van der Waals surface area contributed by atoms with Crippen molar-refractivity contribution in [3.63, 3.8) is 0 Å². The molecule has 0 bridgehead atoms. The monoisotopic (exact) mass is 483 g/mol. The maximum atomic E-state index is 6.75. The highest BCUT2D eigenvalue weighted by Gasteiger charge is 2.47. The lowest BCUT2D eigenvalue weighted by Crippen LogP contribution is -2.44. The molecule has 1 spiro atoms. The molecule has 0 saturated carbocycles. The number of fused-ring (bicyclic) bond motifs is 1. The number of hydrogen-bond donors (Lipinski definition) is 3. The van der Waals surface area contributed by atoms with Crippen molar-refractivity contribution in [3.8, 4) is 5.75 Å². The molecule has 0 amide bonds. The van der Waals surface area contributed by atoms with Gasteiger partial charge < -0.3 is 26.8 Å². The number of halogens is 1. The fourth-order valence-corrected chi connectivity index (χ4v) is 5.97. The Kier molecular flexibility index (Phi) is 5.72.